The summed E-state index contributed by atoms with van der Waals surface area (Å²) in [5.41, 5.74) is 1.73. The first kappa shape index (κ1) is 33.6. The van der Waals surface area contributed by atoms with Gasteiger partial charge in [0.15, 0.2) is 0 Å². The largest absolute Gasteiger partial charge is 0.497 e. The third-order valence-electron chi connectivity index (χ3n) is 7.35. The fraction of sp³-hybridized carbons (Fsp3) is 0.257. The summed E-state index contributed by atoms with van der Waals surface area (Å²) in [6.45, 7) is 1.91. The van der Waals surface area contributed by atoms with Gasteiger partial charge in [-0.3, -0.25) is 13.9 Å². The Morgan fingerprint density at radius 2 is 1.56 bits per heavy atom. The Balaban J connectivity index is 1.80. The van der Waals surface area contributed by atoms with Gasteiger partial charge in [-0.05, 0) is 47.9 Å². The standard InChI is InChI=1S/C35H38ClN3O5S/c1-3-4-22-37-35(41)33(23-27-14-7-5-8-15-27)38(25-28-16-11-12-21-32(28)36)34(40)26-39(29-17-13-18-30(24-29)44-2)45(42,43)31-19-9-6-10-20-31/h5-21,24,33H,3-4,22-23,25-26H2,1-2H3,(H,37,41)/t33-/m1/s1. The average Bonchev–Trinajstić information content (AvgIpc) is 3.06. The van der Waals surface area contributed by atoms with Crippen LogP contribution in [-0.2, 0) is 32.6 Å². The summed E-state index contributed by atoms with van der Waals surface area (Å²) in [6.07, 6.45) is 1.89. The molecule has 10 heteroatoms. The number of anilines is 1. The van der Waals surface area contributed by atoms with E-state index in [-0.39, 0.29) is 29.5 Å². The normalized spacial score (nSPS) is 11.8. The Morgan fingerprint density at radius 3 is 2.22 bits per heavy atom. The minimum Gasteiger partial charge on any atom is -0.497 e. The highest BCUT2D eigenvalue weighted by Crippen LogP contribution is 2.28. The smallest absolute Gasteiger partial charge is 0.264 e. The molecular weight excluding hydrogens is 610 g/mol. The van der Waals surface area contributed by atoms with E-state index in [0.717, 1.165) is 22.7 Å². The minimum absolute atomic E-state index is 0.00542. The summed E-state index contributed by atoms with van der Waals surface area (Å²) < 4.78 is 34.6. The van der Waals surface area contributed by atoms with Crippen molar-refractivity contribution in [2.75, 3.05) is 24.5 Å². The number of benzene rings is 4. The van der Waals surface area contributed by atoms with Gasteiger partial charge in [-0.25, -0.2) is 8.42 Å². The maximum absolute atomic E-state index is 14.5. The summed E-state index contributed by atoms with van der Waals surface area (Å²) in [6, 6.07) is 30.0. The SMILES string of the molecule is CCCCNC(=O)[C@@H](Cc1ccccc1)N(Cc1ccccc1Cl)C(=O)CN(c1cccc(OC)c1)S(=O)(=O)c1ccccc1. The molecule has 0 spiro atoms. The van der Waals surface area contributed by atoms with Crippen molar-refractivity contribution < 1.29 is 22.7 Å². The summed E-state index contributed by atoms with van der Waals surface area (Å²) in [4.78, 5) is 29.8. The lowest BCUT2D eigenvalue weighted by Crippen LogP contribution is -2.53. The highest BCUT2D eigenvalue weighted by molar-refractivity contribution is 7.92. The Hall–Kier alpha value is -4.34. The zero-order valence-corrected chi connectivity index (χ0v) is 27.0. The van der Waals surface area contributed by atoms with Crippen LogP contribution < -0.4 is 14.4 Å². The van der Waals surface area contributed by atoms with Gasteiger partial charge < -0.3 is 15.0 Å². The van der Waals surface area contributed by atoms with Crippen LogP contribution in [0.2, 0.25) is 5.02 Å². The van der Waals surface area contributed by atoms with Crippen LogP contribution in [0.1, 0.15) is 30.9 Å². The van der Waals surface area contributed by atoms with Crippen molar-refractivity contribution in [3.63, 3.8) is 0 Å². The lowest BCUT2D eigenvalue weighted by atomic mass is 10.0. The van der Waals surface area contributed by atoms with Crippen molar-refractivity contribution >= 4 is 39.1 Å². The van der Waals surface area contributed by atoms with Gasteiger partial charge in [0.2, 0.25) is 11.8 Å². The minimum atomic E-state index is -4.21. The first-order valence-electron chi connectivity index (χ1n) is 14.8. The molecule has 2 amide bonds. The van der Waals surface area contributed by atoms with Crippen LogP contribution in [0, 0.1) is 0 Å². The molecule has 0 fully saturated rings. The van der Waals surface area contributed by atoms with E-state index in [9.17, 15) is 18.0 Å². The number of nitrogens with one attached hydrogen (secondary N) is 1. The first-order valence-corrected chi connectivity index (χ1v) is 16.6. The molecule has 0 saturated carbocycles. The van der Waals surface area contributed by atoms with Crippen LogP contribution in [0.25, 0.3) is 0 Å². The molecule has 4 aromatic rings. The molecule has 0 aliphatic carbocycles. The fourth-order valence-electron chi connectivity index (χ4n) is 4.88. The van der Waals surface area contributed by atoms with Crippen molar-refractivity contribution in [2.45, 2.75) is 43.7 Å². The summed E-state index contributed by atoms with van der Waals surface area (Å²) >= 11 is 6.55. The van der Waals surface area contributed by atoms with Gasteiger partial charge in [0.05, 0.1) is 17.7 Å². The Kier molecular flexibility index (Phi) is 12.0. The molecule has 4 rings (SSSR count). The van der Waals surface area contributed by atoms with E-state index in [0.29, 0.717) is 22.9 Å². The number of halogens is 1. The van der Waals surface area contributed by atoms with E-state index >= 15 is 0 Å². The van der Waals surface area contributed by atoms with Gasteiger partial charge in [-0.2, -0.15) is 0 Å². The molecule has 0 aliphatic heterocycles. The fourth-order valence-corrected chi connectivity index (χ4v) is 6.51. The predicted molar refractivity (Wildman–Crippen MR) is 178 cm³/mol. The summed E-state index contributed by atoms with van der Waals surface area (Å²) in [7, 11) is -2.72. The number of sulfonamides is 1. The number of unbranched alkanes of at least 4 members (excludes halogenated alkanes) is 1. The molecule has 1 N–H and O–H groups in total. The van der Waals surface area contributed by atoms with Crippen LogP contribution in [0.5, 0.6) is 5.75 Å². The van der Waals surface area contributed by atoms with Crippen molar-refractivity contribution in [3.8, 4) is 5.75 Å². The molecule has 4 aromatic carbocycles. The molecular formula is C35H38ClN3O5S. The molecule has 8 nitrogen and oxygen atoms in total. The third-order valence-corrected chi connectivity index (χ3v) is 9.51. The van der Waals surface area contributed by atoms with Crippen LogP contribution in [0.3, 0.4) is 0 Å². The number of nitrogens with zero attached hydrogens (tertiary/aromatic N) is 2. The first-order chi connectivity index (χ1) is 21.7. The number of ether oxygens (including phenoxy) is 1. The number of hydrogen-bond acceptors (Lipinski definition) is 5. The number of carbonyl (C=O) groups is 2. The molecule has 0 radical (unpaired) electrons. The topological polar surface area (TPSA) is 96.0 Å². The monoisotopic (exact) mass is 647 g/mol. The molecule has 236 valence electrons. The number of amides is 2. The number of rotatable bonds is 15. The Labute approximate surface area is 270 Å². The molecule has 0 aliphatic rings. The quantitative estimate of drug-likeness (QED) is 0.157. The van der Waals surface area contributed by atoms with E-state index in [1.54, 1.807) is 66.7 Å². The van der Waals surface area contributed by atoms with Gasteiger partial charge in [-0.1, -0.05) is 97.7 Å². The van der Waals surface area contributed by atoms with E-state index in [2.05, 4.69) is 5.32 Å². The molecule has 0 aromatic heterocycles. The number of carbonyl (C=O) groups excluding carboxylic acids is 2. The van der Waals surface area contributed by atoms with Gasteiger partial charge in [0, 0.05) is 30.6 Å². The van der Waals surface area contributed by atoms with Gasteiger partial charge in [0.1, 0.15) is 18.3 Å². The molecule has 0 bridgehead atoms. The highest BCUT2D eigenvalue weighted by Gasteiger charge is 2.35. The average molecular weight is 648 g/mol. The maximum Gasteiger partial charge on any atom is 0.264 e. The van der Waals surface area contributed by atoms with E-state index in [4.69, 9.17) is 16.3 Å². The summed E-state index contributed by atoms with van der Waals surface area (Å²) in [5, 5.41) is 3.41. The van der Waals surface area contributed by atoms with Crippen molar-refractivity contribution in [1.82, 2.24) is 10.2 Å². The molecule has 45 heavy (non-hydrogen) atoms. The Morgan fingerprint density at radius 1 is 0.889 bits per heavy atom. The number of methoxy groups -OCH3 is 1. The molecule has 0 unspecified atom stereocenters. The van der Waals surface area contributed by atoms with Gasteiger partial charge >= 0.3 is 0 Å². The summed E-state index contributed by atoms with van der Waals surface area (Å²) in [5.74, 6) is -0.464. The number of hydrogen-bond donors (Lipinski definition) is 1. The lowest BCUT2D eigenvalue weighted by molar-refractivity contribution is -0.140. The lowest BCUT2D eigenvalue weighted by Gasteiger charge is -2.34. The van der Waals surface area contributed by atoms with Crippen molar-refractivity contribution in [3.05, 3.63) is 125 Å². The van der Waals surface area contributed by atoms with Gasteiger partial charge in [-0.15, -0.1) is 0 Å². The van der Waals surface area contributed by atoms with Crippen LogP contribution in [0.4, 0.5) is 5.69 Å². The van der Waals surface area contributed by atoms with E-state index in [1.807, 2.05) is 37.3 Å². The van der Waals surface area contributed by atoms with Crippen LogP contribution in [-0.4, -0.2) is 51.4 Å². The second-order valence-electron chi connectivity index (χ2n) is 10.5. The van der Waals surface area contributed by atoms with Crippen LogP contribution in [0.15, 0.2) is 114 Å². The molecule has 0 heterocycles. The predicted octanol–water partition coefficient (Wildman–Crippen LogP) is 6.10. The Bertz CT molecular complexity index is 1670. The zero-order chi connectivity index (χ0) is 32.2. The highest BCUT2D eigenvalue weighted by atomic mass is 35.5. The van der Waals surface area contributed by atoms with E-state index in [1.165, 1.54) is 24.1 Å². The zero-order valence-electron chi connectivity index (χ0n) is 25.4. The maximum atomic E-state index is 14.5. The molecule has 0 saturated heterocycles. The van der Waals surface area contributed by atoms with Crippen LogP contribution >= 0.6 is 11.6 Å². The second-order valence-corrected chi connectivity index (χ2v) is 12.8. The third kappa shape index (κ3) is 8.86. The van der Waals surface area contributed by atoms with Crippen molar-refractivity contribution in [2.24, 2.45) is 0 Å². The second kappa shape index (κ2) is 16.1. The molecule has 1 atom stereocenters. The van der Waals surface area contributed by atoms with Gasteiger partial charge in [0.25, 0.3) is 10.0 Å². The van der Waals surface area contributed by atoms with Crippen molar-refractivity contribution in [1.29, 1.82) is 0 Å². The van der Waals surface area contributed by atoms with E-state index < -0.39 is 28.5 Å².